The summed E-state index contributed by atoms with van der Waals surface area (Å²) >= 11 is 0. The molecule has 226 valence electrons. The van der Waals surface area contributed by atoms with E-state index in [4.69, 9.17) is 19.5 Å². The second-order valence-corrected chi connectivity index (χ2v) is 11.4. The number of pyridine rings is 1. The number of rotatable bonds is 14. The first kappa shape index (κ1) is 31.2. The van der Waals surface area contributed by atoms with Crippen LogP contribution in [0.2, 0.25) is 0 Å². The van der Waals surface area contributed by atoms with Crippen molar-refractivity contribution in [1.82, 2.24) is 19.7 Å². The molecule has 43 heavy (non-hydrogen) atoms. The number of fused-ring (bicyclic) bond motifs is 1. The third-order valence-corrected chi connectivity index (χ3v) is 8.64. The second-order valence-electron chi connectivity index (χ2n) is 9.53. The number of carbonyl (C=O) groups excluding carboxylic acids is 2. The Morgan fingerprint density at radius 3 is 2.56 bits per heavy atom. The van der Waals surface area contributed by atoms with Gasteiger partial charge in [0.05, 0.1) is 24.5 Å². The Morgan fingerprint density at radius 2 is 1.88 bits per heavy atom. The Labute approximate surface area is 249 Å². The van der Waals surface area contributed by atoms with Crippen LogP contribution in [0.25, 0.3) is 0 Å². The van der Waals surface area contributed by atoms with Gasteiger partial charge < -0.3 is 19.1 Å². The molecule has 0 unspecified atom stereocenters. The molecule has 0 fully saturated rings. The maximum Gasteiger partial charge on any atom is 0.261 e. The number of aromatic nitrogens is 1. The predicted octanol–water partition coefficient (Wildman–Crippen LogP) is 2.61. The van der Waals surface area contributed by atoms with E-state index in [1.165, 1.54) is 36.3 Å². The molecule has 3 aromatic rings. The molecule has 0 spiro atoms. The first-order valence-electron chi connectivity index (χ1n) is 13.3. The number of sulfonamides is 1. The third-order valence-electron chi connectivity index (χ3n) is 6.78. The average Bonchev–Trinajstić information content (AvgIpc) is 3.50. The lowest BCUT2D eigenvalue weighted by Crippen LogP contribution is -2.49. The summed E-state index contributed by atoms with van der Waals surface area (Å²) in [6.07, 6.45) is 2.76. The third kappa shape index (κ3) is 7.77. The smallest absolute Gasteiger partial charge is 0.261 e. The van der Waals surface area contributed by atoms with Crippen molar-refractivity contribution in [2.24, 2.45) is 0 Å². The van der Waals surface area contributed by atoms with Crippen LogP contribution in [-0.4, -0.2) is 66.1 Å². The fraction of sp³-hybridized carbons (Fsp3) is 0.310. The van der Waals surface area contributed by atoms with Crippen LogP contribution in [0.1, 0.15) is 30.4 Å². The number of methoxy groups -OCH3 is 1. The van der Waals surface area contributed by atoms with Crippen molar-refractivity contribution in [3.63, 3.8) is 0 Å². The summed E-state index contributed by atoms with van der Waals surface area (Å²) in [7, 11) is -2.92. The molecule has 0 saturated heterocycles. The standard InChI is InChI=1S/C29H31N5O8S/c1-40-23-6-8-24(9-7-23)43(38,39)34(19-21-5-11-26-27(16-21)42-20-41-26)25(29(36)32-37)10-12-28(35)33(15-3-13-30)18-22-4-2-14-31-17-22/h2,4-9,11,14,16-17,25,37H,3,10,12,15,18-20H2,1H3,(H,32,36)/t25-/m1/s1. The fourth-order valence-corrected chi connectivity index (χ4v) is 6.16. The zero-order valence-electron chi connectivity index (χ0n) is 23.4. The lowest BCUT2D eigenvalue weighted by atomic mass is 10.1. The molecule has 13 nitrogen and oxygen atoms in total. The summed E-state index contributed by atoms with van der Waals surface area (Å²) in [4.78, 5) is 31.8. The molecule has 0 bridgehead atoms. The van der Waals surface area contributed by atoms with E-state index in [0.717, 1.165) is 9.87 Å². The number of nitriles is 1. The van der Waals surface area contributed by atoms with Crippen molar-refractivity contribution >= 4 is 21.8 Å². The van der Waals surface area contributed by atoms with Gasteiger partial charge in [-0.3, -0.25) is 19.8 Å². The Morgan fingerprint density at radius 1 is 1.12 bits per heavy atom. The number of nitrogens with one attached hydrogen (secondary N) is 1. The largest absolute Gasteiger partial charge is 0.497 e. The highest BCUT2D eigenvalue weighted by molar-refractivity contribution is 7.89. The molecule has 0 aliphatic carbocycles. The highest BCUT2D eigenvalue weighted by Gasteiger charge is 2.37. The molecule has 0 radical (unpaired) electrons. The minimum absolute atomic E-state index is 0.0195. The van der Waals surface area contributed by atoms with Gasteiger partial charge in [-0.25, -0.2) is 13.9 Å². The number of benzene rings is 2. The summed E-state index contributed by atoms with van der Waals surface area (Å²) in [5.41, 5.74) is 2.78. The minimum Gasteiger partial charge on any atom is -0.497 e. The average molecular weight is 610 g/mol. The van der Waals surface area contributed by atoms with Crippen LogP contribution >= 0.6 is 0 Å². The topological polar surface area (TPSA) is 171 Å². The fourth-order valence-electron chi connectivity index (χ4n) is 4.55. The van der Waals surface area contributed by atoms with Gasteiger partial charge in [-0.05, 0) is 60.0 Å². The van der Waals surface area contributed by atoms with Crippen LogP contribution in [-0.2, 0) is 32.7 Å². The van der Waals surface area contributed by atoms with Gasteiger partial charge in [-0.2, -0.15) is 9.57 Å². The number of nitrogens with zero attached hydrogens (tertiary/aromatic N) is 4. The first-order valence-corrected chi connectivity index (χ1v) is 14.7. The second kappa shape index (κ2) is 14.5. The summed E-state index contributed by atoms with van der Waals surface area (Å²) in [5, 5.41) is 18.7. The van der Waals surface area contributed by atoms with Gasteiger partial charge in [-0.15, -0.1) is 0 Å². The number of hydrogen-bond donors (Lipinski definition) is 2. The number of amides is 2. The molecular formula is C29H31N5O8S. The summed E-state index contributed by atoms with van der Waals surface area (Å²) in [6.45, 7) is 0.0409. The maximum atomic E-state index is 14.0. The lowest BCUT2D eigenvalue weighted by Gasteiger charge is -2.30. The molecule has 2 heterocycles. The van der Waals surface area contributed by atoms with E-state index in [1.54, 1.807) is 48.2 Å². The van der Waals surface area contributed by atoms with E-state index < -0.39 is 27.9 Å². The van der Waals surface area contributed by atoms with Crippen molar-refractivity contribution in [2.45, 2.75) is 43.3 Å². The van der Waals surface area contributed by atoms with Crippen LogP contribution in [0.3, 0.4) is 0 Å². The molecule has 1 atom stereocenters. The van der Waals surface area contributed by atoms with Crippen LogP contribution in [0.5, 0.6) is 17.2 Å². The van der Waals surface area contributed by atoms with Crippen LogP contribution in [0.4, 0.5) is 0 Å². The van der Waals surface area contributed by atoms with Gasteiger partial charge >= 0.3 is 0 Å². The van der Waals surface area contributed by atoms with E-state index in [0.29, 0.717) is 22.8 Å². The van der Waals surface area contributed by atoms with Gasteiger partial charge in [0.15, 0.2) is 11.5 Å². The van der Waals surface area contributed by atoms with E-state index in [9.17, 15) is 23.2 Å². The molecule has 14 heteroatoms. The Kier molecular flexibility index (Phi) is 10.5. The molecule has 1 aliphatic heterocycles. The Hall–Kier alpha value is -4.71. The van der Waals surface area contributed by atoms with E-state index in [1.807, 2.05) is 6.07 Å². The molecule has 1 aromatic heterocycles. The number of hydrogen-bond acceptors (Lipinski definition) is 10. The van der Waals surface area contributed by atoms with Crippen molar-refractivity contribution in [1.29, 1.82) is 5.26 Å². The summed E-state index contributed by atoms with van der Waals surface area (Å²) in [6, 6.07) is 14.6. The molecule has 1 aliphatic rings. The first-order chi connectivity index (χ1) is 20.8. The van der Waals surface area contributed by atoms with Gasteiger partial charge in [-0.1, -0.05) is 12.1 Å². The van der Waals surface area contributed by atoms with Crippen molar-refractivity contribution < 1.29 is 37.4 Å². The molecule has 2 amide bonds. The summed E-state index contributed by atoms with van der Waals surface area (Å²) < 4.78 is 44.9. The molecular weight excluding hydrogens is 578 g/mol. The van der Waals surface area contributed by atoms with Gasteiger partial charge in [0.25, 0.3) is 5.91 Å². The number of ether oxygens (including phenoxy) is 3. The molecule has 2 N–H and O–H groups in total. The maximum absolute atomic E-state index is 14.0. The Bertz CT molecular complexity index is 1560. The van der Waals surface area contributed by atoms with Crippen LogP contribution in [0, 0.1) is 11.3 Å². The van der Waals surface area contributed by atoms with Gasteiger partial charge in [0.1, 0.15) is 11.8 Å². The monoisotopic (exact) mass is 609 g/mol. The quantitative estimate of drug-likeness (QED) is 0.204. The number of hydroxylamine groups is 1. The molecule has 4 rings (SSSR count). The lowest BCUT2D eigenvalue weighted by molar-refractivity contribution is -0.135. The molecule has 0 saturated carbocycles. The SMILES string of the molecule is COc1ccc(S(=O)(=O)N(Cc2ccc3c(c2)OCO3)[C@H](CCC(=O)N(CCC#N)Cc2cccnc2)C(=O)NO)cc1. The van der Waals surface area contributed by atoms with Gasteiger partial charge in [0, 0.05) is 38.4 Å². The van der Waals surface area contributed by atoms with Crippen LogP contribution in [0.15, 0.2) is 71.9 Å². The van der Waals surface area contributed by atoms with Crippen molar-refractivity contribution in [2.75, 3.05) is 20.4 Å². The Balaban J connectivity index is 1.65. The van der Waals surface area contributed by atoms with Crippen molar-refractivity contribution in [3.05, 3.63) is 78.1 Å². The van der Waals surface area contributed by atoms with Gasteiger partial charge in [0.2, 0.25) is 22.7 Å². The molecule has 2 aromatic carbocycles. The summed E-state index contributed by atoms with van der Waals surface area (Å²) in [5.74, 6) is -0.0698. The number of carbonyl (C=O) groups is 2. The van der Waals surface area contributed by atoms with E-state index in [-0.39, 0.29) is 50.6 Å². The van der Waals surface area contributed by atoms with E-state index >= 15 is 0 Å². The predicted molar refractivity (Wildman–Crippen MR) is 151 cm³/mol. The van der Waals surface area contributed by atoms with Crippen LogP contribution < -0.4 is 19.7 Å². The highest BCUT2D eigenvalue weighted by Crippen LogP contribution is 2.34. The van der Waals surface area contributed by atoms with Crippen molar-refractivity contribution in [3.8, 4) is 23.3 Å². The zero-order chi connectivity index (χ0) is 30.8. The highest BCUT2D eigenvalue weighted by atomic mass is 32.2. The van der Waals surface area contributed by atoms with E-state index in [2.05, 4.69) is 4.98 Å². The minimum atomic E-state index is -4.37. The zero-order valence-corrected chi connectivity index (χ0v) is 24.2. The normalized spacial score (nSPS) is 12.8.